The predicted molar refractivity (Wildman–Crippen MR) is 111 cm³/mol. The molecule has 0 atom stereocenters. The molecule has 1 aromatic heterocycles. The van der Waals surface area contributed by atoms with Crippen molar-refractivity contribution in [2.45, 2.75) is 31.9 Å². The summed E-state index contributed by atoms with van der Waals surface area (Å²) in [7, 11) is 1.60. The third-order valence-corrected chi connectivity index (χ3v) is 5.45. The minimum Gasteiger partial charge on any atom is -0.497 e. The second-order valence-corrected chi connectivity index (χ2v) is 7.69. The quantitative estimate of drug-likeness (QED) is 0.555. The maximum atomic E-state index is 13.7. The van der Waals surface area contributed by atoms with Gasteiger partial charge in [0.15, 0.2) is 0 Å². The van der Waals surface area contributed by atoms with E-state index in [9.17, 15) is 13.2 Å². The van der Waals surface area contributed by atoms with Crippen LogP contribution in [0.4, 0.5) is 19.0 Å². The third kappa shape index (κ3) is 4.12. The van der Waals surface area contributed by atoms with E-state index in [2.05, 4.69) is 10.4 Å². The van der Waals surface area contributed by atoms with Gasteiger partial charge in [-0.15, -0.1) is 0 Å². The van der Waals surface area contributed by atoms with Crippen molar-refractivity contribution in [3.05, 3.63) is 69.9 Å². The minimum absolute atomic E-state index is 0.0329. The molecule has 1 aliphatic rings. The van der Waals surface area contributed by atoms with Crippen molar-refractivity contribution >= 4 is 17.4 Å². The van der Waals surface area contributed by atoms with Crippen molar-refractivity contribution in [2.75, 3.05) is 19.0 Å². The fourth-order valence-corrected chi connectivity index (χ4v) is 3.96. The molecular weight excluding hydrogens is 415 g/mol. The van der Waals surface area contributed by atoms with Crippen molar-refractivity contribution in [3.63, 3.8) is 0 Å². The lowest BCUT2D eigenvalue weighted by atomic mass is 10.0. The van der Waals surface area contributed by atoms with Crippen LogP contribution >= 0.6 is 11.6 Å². The van der Waals surface area contributed by atoms with Gasteiger partial charge in [-0.05, 0) is 55.2 Å². The molecule has 0 fully saturated rings. The second-order valence-electron chi connectivity index (χ2n) is 7.26. The van der Waals surface area contributed by atoms with E-state index in [4.69, 9.17) is 16.3 Å². The van der Waals surface area contributed by atoms with Crippen LogP contribution in [0.5, 0.6) is 5.75 Å². The molecule has 0 saturated carbocycles. The smallest absolute Gasteiger partial charge is 0.418 e. The Hall–Kier alpha value is -2.67. The van der Waals surface area contributed by atoms with E-state index in [0.29, 0.717) is 18.8 Å². The molecule has 4 nitrogen and oxygen atoms in total. The molecule has 3 aromatic rings. The number of nitrogens with one attached hydrogen (secondary N) is 1. The van der Waals surface area contributed by atoms with E-state index in [1.54, 1.807) is 7.11 Å². The highest BCUT2D eigenvalue weighted by Gasteiger charge is 2.35. The highest BCUT2D eigenvalue weighted by atomic mass is 35.5. The Morgan fingerprint density at radius 1 is 1.17 bits per heavy atom. The van der Waals surface area contributed by atoms with E-state index >= 15 is 0 Å². The Morgan fingerprint density at radius 3 is 2.77 bits per heavy atom. The summed E-state index contributed by atoms with van der Waals surface area (Å²) in [5.74, 6) is 1.35. The molecule has 0 unspecified atom stereocenters. The molecular formula is C22H21ClF3N3O. The minimum atomic E-state index is -4.54. The van der Waals surface area contributed by atoms with E-state index in [1.807, 2.05) is 24.3 Å². The fourth-order valence-electron chi connectivity index (χ4n) is 3.79. The number of methoxy groups -OCH3 is 1. The average Bonchev–Trinajstić information content (AvgIpc) is 2.89. The van der Waals surface area contributed by atoms with Crippen LogP contribution in [-0.4, -0.2) is 23.4 Å². The van der Waals surface area contributed by atoms with Gasteiger partial charge in [0.2, 0.25) is 0 Å². The molecule has 0 saturated heterocycles. The number of nitrogens with zero attached hydrogens (tertiary/aromatic N) is 2. The fraction of sp³-hybridized carbons (Fsp3) is 0.318. The molecule has 4 rings (SSSR count). The van der Waals surface area contributed by atoms with Gasteiger partial charge in [0.05, 0.1) is 24.1 Å². The first-order chi connectivity index (χ1) is 14.4. The molecule has 30 heavy (non-hydrogen) atoms. The monoisotopic (exact) mass is 435 g/mol. The predicted octanol–water partition coefficient (Wildman–Crippen LogP) is 5.89. The van der Waals surface area contributed by atoms with Gasteiger partial charge in [0.25, 0.3) is 0 Å². The number of hydrogen-bond donors (Lipinski definition) is 1. The summed E-state index contributed by atoms with van der Waals surface area (Å²) in [6.45, 7) is 0.687. The van der Waals surface area contributed by atoms with Gasteiger partial charge < -0.3 is 10.1 Å². The second kappa shape index (κ2) is 8.22. The Morgan fingerprint density at radius 2 is 2.00 bits per heavy atom. The SMILES string of the molecule is COc1cccc(Cc2nn(-c3ccc(Cl)cc3C(F)(F)F)c3c2CCCCN3)c1. The van der Waals surface area contributed by atoms with Crippen molar-refractivity contribution < 1.29 is 17.9 Å². The molecule has 1 N–H and O–H groups in total. The Labute approximate surface area is 177 Å². The molecule has 2 aromatic carbocycles. The highest BCUT2D eigenvalue weighted by molar-refractivity contribution is 6.30. The number of benzene rings is 2. The molecule has 0 aliphatic carbocycles. The van der Waals surface area contributed by atoms with Crippen LogP contribution in [0, 0.1) is 0 Å². The normalized spacial score (nSPS) is 14.0. The van der Waals surface area contributed by atoms with Gasteiger partial charge in [0, 0.05) is 23.6 Å². The van der Waals surface area contributed by atoms with E-state index in [0.717, 1.165) is 47.9 Å². The van der Waals surface area contributed by atoms with Crippen molar-refractivity contribution in [1.82, 2.24) is 9.78 Å². The van der Waals surface area contributed by atoms with Crippen LogP contribution in [0.1, 0.15) is 35.2 Å². The number of ether oxygens (including phenoxy) is 1. The number of aromatic nitrogens is 2. The molecule has 8 heteroatoms. The zero-order chi connectivity index (χ0) is 21.3. The van der Waals surface area contributed by atoms with E-state index in [-0.39, 0.29) is 10.7 Å². The largest absolute Gasteiger partial charge is 0.497 e. The van der Waals surface area contributed by atoms with Crippen LogP contribution in [0.2, 0.25) is 5.02 Å². The number of hydrogen-bond acceptors (Lipinski definition) is 3. The zero-order valence-corrected chi connectivity index (χ0v) is 17.1. The van der Waals surface area contributed by atoms with Crippen LogP contribution in [0.25, 0.3) is 5.69 Å². The molecule has 2 heterocycles. The summed E-state index contributed by atoms with van der Waals surface area (Å²) in [6.07, 6.45) is -1.39. The number of fused-ring (bicyclic) bond motifs is 1. The standard InChI is InChI=1S/C22H21ClF3N3O/c1-30-16-6-4-5-14(11-16)12-19-17-7-2-3-10-27-21(17)29(28-19)20-9-8-15(23)13-18(20)22(24,25)26/h4-6,8-9,11,13,27H,2-3,7,10,12H2,1H3. The lowest BCUT2D eigenvalue weighted by Gasteiger charge is -2.16. The summed E-state index contributed by atoms with van der Waals surface area (Å²) < 4.78 is 47.9. The molecule has 0 bridgehead atoms. The summed E-state index contributed by atoms with van der Waals surface area (Å²) in [4.78, 5) is 0. The molecule has 1 aliphatic heterocycles. The van der Waals surface area contributed by atoms with Gasteiger partial charge >= 0.3 is 6.18 Å². The van der Waals surface area contributed by atoms with Crippen LogP contribution in [-0.2, 0) is 19.0 Å². The third-order valence-electron chi connectivity index (χ3n) is 5.21. The molecule has 0 spiro atoms. The lowest BCUT2D eigenvalue weighted by molar-refractivity contribution is -0.137. The first-order valence-electron chi connectivity index (χ1n) is 9.71. The first-order valence-corrected chi connectivity index (χ1v) is 10.1. The van der Waals surface area contributed by atoms with Crippen molar-refractivity contribution in [3.8, 4) is 11.4 Å². The van der Waals surface area contributed by atoms with Crippen molar-refractivity contribution in [1.29, 1.82) is 0 Å². The highest BCUT2D eigenvalue weighted by Crippen LogP contribution is 2.38. The van der Waals surface area contributed by atoms with Crippen LogP contribution in [0.3, 0.4) is 0 Å². The summed E-state index contributed by atoms with van der Waals surface area (Å²) in [6, 6.07) is 11.4. The summed E-state index contributed by atoms with van der Waals surface area (Å²) in [5.41, 5.74) is 1.86. The number of anilines is 1. The summed E-state index contributed by atoms with van der Waals surface area (Å²) >= 11 is 5.86. The van der Waals surface area contributed by atoms with Crippen molar-refractivity contribution in [2.24, 2.45) is 0 Å². The van der Waals surface area contributed by atoms with Gasteiger partial charge in [-0.3, -0.25) is 0 Å². The van der Waals surface area contributed by atoms with E-state index < -0.39 is 11.7 Å². The Balaban J connectivity index is 1.84. The zero-order valence-electron chi connectivity index (χ0n) is 16.4. The molecule has 0 amide bonds. The van der Waals surface area contributed by atoms with Gasteiger partial charge in [0.1, 0.15) is 11.6 Å². The number of rotatable bonds is 4. The van der Waals surface area contributed by atoms with Gasteiger partial charge in [-0.25, -0.2) is 4.68 Å². The average molecular weight is 436 g/mol. The maximum absolute atomic E-state index is 13.7. The van der Waals surface area contributed by atoms with Crippen LogP contribution < -0.4 is 10.1 Å². The lowest BCUT2D eigenvalue weighted by Crippen LogP contribution is -2.14. The Kier molecular flexibility index (Phi) is 5.64. The molecule has 158 valence electrons. The Bertz CT molecular complexity index is 1060. The van der Waals surface area contributed by atoms with Crippen LogP contribution in [0.15, 0.2) is 42.5 Å². The molecule has 0 radical (unpaired) electrons. The topological polar surface area (TPSA) is 39.1 Å². The first kappa shape index (κ1) is 20.6. The maximum Gasteiger partial charge on any atom is 0.418 e. The summed E-state index contributed by atoms with van der Waals surface area (Å²) in [5, 5.41) is 7.95. The van der Waals surface area contributed by atoms with Gasteiger partial charge in [-0.1, -0.05) is 23.7 Å². The van der Waals surface area contributed by atoms with Gasteiger partial charge in [-0.2, -0.15) is 18.3 Å². The van der Waals surface area contributed by atoms with E-state index in [1.165, 1.54) is 16.8 Å². The number of alkyl halides is 3. The number of halogens is 4.